The molecule has 0 atom stereocenters. The van der Waals surface area contributed by atoms with Crippen LogP contribution in [0.5, 0.6) is 11.5 Å². The van der Waals surface area contributed by atoms with E-state index in [4.69, 9.17) is 21.1 Å². The van der Waals surface area contributed by atoms with E-state index in [2.05, 4.69) is 4.99 Å². The van der Waals surface area contributed by atoms with Gasteiger partial charge < -0.3 is 9.47 Å². The Kier molecular flexibility index (Phi) is 6.78. The van der Waals surface area contributed by atoms with Crippen molar-refractivity contribution < 1.29 is 9.47 Å². The van der Waals surface area contributed by atoms with Crippen molar-refractivity contribution in [3.8, 4) is 22.6 Å². The summed E-state index contributed by atoms with van der Waals surface area (Å²) in [5.74, 6) is 1.85. The van der Waals surface area contributed by atoms with Gasteiger partial charge in [0.2, 0.25) is 5.90 Å². The summed E-state index contributed by atoms with van der Waals surface area (Å²) in [6.07, 6.45) is 3.27. The number of hydrogen-bond acceptors (Lipinski definition) is 3. The Bertz CT molecular complexity index is 1170. The molecule has 31 heavy (non-hydrogen) atoms. The van der Waals surface area contributed by atoms with Crippen molar-refractivity contribution in [2.24, 2.45) is 4.99 Å². The van der Waals surface area contributed by atoms with Gasteiger partial charge in [-0.1, -0.05) is 72.3 Å². The van der Waals surface area contributed by atoms with Gasteiger partial charge in [-0.25, -0.2) is 4.99 Å². The average Bonchev–Trinajstić information content (AvgIpc) is 2.81. The molecule has 0 unspecified atom stereocenters. The highest BCUT2D eigenvalue weighted by atomic mass is 35.5. The monoisotopic (exact) mass is 425 g/mol. The van der Waals surface area contributed by atoms with E-state index in [1.54, 1.807) is 12.3 Å². The van der Waals surface area contributed by atoms with Crippen LogP contribution in [0.3, 0.4) is 0 Å². The second-order valence-electron chi connectivity index (χ2n) is 6.66. The Morgan fingerprint density at radius 2 is 1.35 bits per heavy atom. The summed E-state index contributed by atoms with van der Waals surface area (Å²) in [4.78, 5) is 4.64. The number of aliphatic imine (C=N–C) groups is 1. The number of ether oxygens (including phenoxy) is 2. The highest BCUT2D eigenvalue weighted by Crippen LogP contribution is 2.25. The molecule has 0 aliphatic rings. The van der Waals surface area contributed by atoms with Gasteiger partial charge in [0.25, 0.3) is 0 Å². The molecule has 152 valence electrons. The number of halogens is 1. The molecule has 0 N–H and O–H groups in total. The van der Waals surface area contributed by atoms with E-state index < -0.39 is 0 Å². The van der Waals surface area contributed by atoms with E-state index in [0.717, 1.165) is 22.6 Å². The van der Waals surface area contributed by atoms with Crippen molar-refractivity contribution >= 4 is 23.2 Å². The maximum atomic E-state index is 6.11. The van der Waals surface area contributed by atoms with Crippen molar-refractivity contribution in [3.63, 3.8) is 0 Å². The summed E-state index contributed by atoms with van der Waals surface area (Å²) in [7, 11) is 0. The van der Waals surface area contributed by atoms with Gasteiger partial charge in [-0.2, -0.15) is 0 Å². The second kappa shape index (κ2) is 10.3. The first kappa shape index (κ1) is 20.5. The third-order valence-electron chi connectivity index (χ3n) is 4.39. The SMILES string of the molecule is Clc1cccc(-c2ccc(N=C(C=COc3ccccc3)Oc3ccccc3)cc2)c1. The fraction of sp³-hybridized carbons (Fsp3) is 0. The van der Waals surface area contributed by atoms with Crippen molar-refractivity contribution in [1.82, 2.24) is 0 Å². The molecule has 0 saturated carbocycles. The number of benzene rings is 4. The lowest BCUT2D eigenvalue weighted by Crippen LogP contribution is -2.05. The van der Waals surface area contributed by atoms with Gasteiger partial charge in [-0.05, 0) is 59.7 Å². The molecule has 0 aliphatic carbocycles. The summed E-state index contributed by atoms with van der Waals surface area (Å²) in [5, 5.41) is 0.710. The summed E-state index contributed by atoms with van der Waals surface area (Å²) in [6, 6.07) is 34.7. The molecule has 0 heterocycles. The van der Waals surface area contributed by atoms with Crippen LogP contribution in [-0.4, -0.2) is 5.90 Å². The van der Waals surface area contributed by atoms with Crippen LogP contribution in [0.15, 0.2) is 127 Å². The molecule has 0 amide bonds. The molecular formula is C27H20ClNO2. The Labute approximate surface area is 186 Å². The van der Waals surface area contributed by atoms with Crippen molar-refractivity contribution in [1.29, 1.82) is 0 Å². The summed E-state index contributed by atoms with van der Waals surface area (Å²) in [5.41, 5.74) is 2.89. The van der Waals surface area contributed by atoms with Gasteiger partial charge in [0.1, 0.15) is 11.5 Å². The van der Waals surface area contributed by atoms with Crippen LogP contribution in [0, 0.1) is 0 Å². The van der Waals surface area contributed by atoms with E-state index in [1.807, 2.05) is 109 Å². The summed E-state index contributed by atoms with van der Waals surface area (Å²) < 4.78 is 11.6. The minimum Gasteiger partial charge on any atom is -0.465 e. The molecule has 4 heteroatoms. The van der Waals surface area contributed by atoms with Gasteiger partial charge >= 0.3 is 0 Å². The quantitative estimate of drug-likeness (QED) is 0.180. The largest absolute Gasteiger partial charge is 0.465 e. The first-order valence-electron chi connectivity index (χ1n) is 9.82. The Balaban J connectivity index is 1.56. The number of para-hydroxylation sites is 2. The first-order valence-corrected chi connectivity index (χ1v) is 10.2. The third-order valence-corrected chi connectivity index (χ3v) is 4.62. The molecular weight excluding hydrogens is 406 g/mol. The number of rotatable bonds is 6. The van der Waals surface area contributed by atoms with Gasteiger partial charge in [0.05, 0.1) is 11.9 Å². The maximum Gasteiger partial charge on any atom is 0.222 e. The molecule has 4 aromatic rings. The molecule has 4 aromatic carbocycles. The molecule has 0 spiro atoms. The van der Waals surface area contributed by atoms with Gasteiger partial charge in [-0.3, -0.25) is 0 Å². The third kappa shape index (κ3) is 6.08. The Morgan fingerprint density at radius 1 is 0.677 bits per heavy atom. The van der Waals surface area contributed by atoms with Crippen LogP contribution >= 0.6 is 11.6 Å². The molecule has 0 bridgehead atoms. The van der Waals surface area contributed by atoms with Crippen LogP contribution in [-0.2, 0) is 0 Å². The lowest BCUT2D eigenvalue weighted by Gasteiger charge is -2.07. The smallest absolute Gasteiger partial charge is 0.222 e. The molecule has 0 saturated heterocycles. The lowest BCUT2D eigenvalue weighted by molar-refractivity contribution is 0.479. The number of nitrogens with zero attached hydrogens (tertiary/aromatic N) is 1. The minimum absolute atomic E-state index is 0.414. The van der Waals surface area contributed by atoms with Crippen LogP contribution in [0.2, 0.25) is 5.02 Å². The fourth-order valence-corrected chi connectivity index (χ4v) is 3.09. The van der Waals surface area contributed by atoms with Crippen molar-refractivity contribution in [2.45, 2.75) is 0 Å². The van der Waals surface area contributed by atoms with Crippen molar-refractivity contribution in [3.05, 3.63) is 127 Å². The summed E-state index contributed by atoms with van der Waals surface area (Å²) in [6.45, 7) is 0. The normalized spacial score (nSPS) is 11.5. The van der Waals surface area contributed by atoms with Gasteiger partial charge in [0, 0.05) is 11.1 Å². The number of hydrogen-bond donors (Lipinski definition) is 0. The van der Waals surface area contributed by atoms with Crippen molar-refractivity contribution in [2.75, 3.05) is 0 Å². The zero-order chi connectivity index (χ0) is 21.3. The van der Waals surface area contributed by atoms with E-state index >= 15 is 0 Å². The minimum atomic E-state index is 0.414. The molecule has 4 rings (SSSR count). The van der Waals surface area contributed by atoms with Crippen LogP contribution in [0.1, 0.15) is 0 Å². The Hall–Kier alpha value is -3.82. The predicted molar refractivity (Wildman–Crippen MR) is 127 cm³/mol. The van der Waals surface area contributed by atoms with Crippen LogP contribution < -0.4 is 9.47 Å². The molecule has 0 aliphatic heterocycles. The highest BCUT2D eigenvalue weighted by Gasteiger charge is 2.03. The zero-order valence-corrected chi connectivity index (χ0v) is 17.4. The van der Waals surface area contributed by atoms with Crippen LogP contribution in [0.25, 0.3) is 11.1 Å². The standard InChI is InChI=1S/C27H20ClNO2/c28-23-9-7-8-22(20-23)21-14-16-24(17-15-21)29-27(31-26-12-5-2-6-13-26)18-19-30-25-10-3-1-4-11-25/h1-20H. The molecule has 3 nitrogen and oxygen atoms in total. The van der Waals surface area contributed by atoms with E-state index in [9.17, 15) is 0 Å². The van der Waals surface area contributed by atoms with Crippen LogP contribution in [0.4, 0.5) is 5.69 Å². The fourth-order valence-electron chi connectivity index (χ4n) is 2.90. The maximum absolute atomic E-state index is 6.11. The second-order valence-corrected chi connectivity index (χ2v) is 7.09. The first-order chi connectivity index (χ1) is 15.3. The predicted octanol–water partition coefficient (Wildman–Crippen LogP) is 7.71. The molecule has 0 radical (unpaired) electrons. The molecule has 0 fully saturated rings. The Morgan fingerprint density at radius 3 is 2.03 bits per heavy atom. The lowest BCUT2D eigenvalue weighted by atomic mass is 10.1. The highest BCUT2D eigenvalue weighted by molar-refractivity contribution is 6.30. The van der Waals surface area contributed by atoms with E-state index in [-0.39, 0.29) is 0 Å². The van der Waals surface area contributed by atoms with E-state index in [0.29, 0.717) is 16.7 Å². The summed E-state index contributed by atoms with van der Waals surface area (Å²) >= 11 is 6.11. The van der Waals surface area contributed by atoms with Gasteiger partial charge in [-0.15, -0.1) is 0 Å². The molecule has 0 aromatic heterocycles. The average molecular weight is 426 g/mol. The zero-order valence-electron chi connectivity index (χ0n) is 16.7. The topological polar surface area (TPSA) is 30.8 Å². The van der Waals surface area contributed by atoms with E-state index in [1.165, 1.54) is 0 Å². The van der Waals surface area contributed by atoms with Gasteiger partial charge in [0.15, 0.2) is 0 Å².